The first-order valence-corrected chi connectivity index (χ1v) is 15.6. The Kier molecular flexibility index (Phi) is 9.91. The Bertz CT molecular complexity index is 716. The molecule has 30 heavy (non-hydrogen) atoms. The molecule has 168 valence electrons. The van der Waals surface area contributed by atoms with Crippen molar-refractivity contribution < 1.29 is 23.0 Å². The van der Waals surface area contributed by atoms with Gasteiger partial charge in [0.1, 0.15) is 5.78 Å². The van der Waals surface area contributed by atoms with Crippen molar-refractivity contribution in [2.45, 2.75) is 75.6 Å². The number of unbranched alkanes of at least 4 members (excludes halogenated alkanes) is 3. The van der Waals surface area contributed by atoms with Crippen LogP contribution in [-0.4, -0.2) is 43.2 Å². The summed E-state index contributed by atoms with van der Waals surface area (Å²) in [5.74, 6) is 0.469. The lowest BCUT2D eigenvalue weighted by Crippen LogP contribution is -2.37. The molecule has 4 unspecified atom stereocenters. The van der Waals surface area contributed by atoms with Gasteiger partial charge in [0, 0.05) is 35.3 Å². The lowest BCUT2D eigenvalue weighted by Gasteiger charge is -2.29. The van der Waals surface area contributed by atoms with Crippen molar-refractivity contribution in [2.24, 2.45) is 11.8 Å². The van der Waals surface area contributed by atoms with E-state index in [9.17, 15) is 13.8 Å². The molecule has 0 N–H and O–H groups in total. The molecule has 1 aromatic rings. The molecule has 7 heteroatoms. The van der Waals surface area contributed by atoms with E-state index in [0.29, 0.717) is 18.6 Å². The smallest absolute Gasteiger partial charge is 0.305 e. The van der Waals surface area contributed by atoms with Crippen LogP contribution in [0.1, 0.15) is 44.9 Å². The van der Waals surface area contributed by atoms with Crippen LogP contribution in [-0.2, 0) is 29.6 Å². The monoisotopic (exact) mass is 452 g/mol. The maximum atomic E-state index is 13.0. The highest BCUT2D eigenvalue weighted by molar-refractivity contribution is 7.85. The summed E-state index contributed by atoms with van der Waals surface area (Å²) < 4.78 is 24.0. The molecule has 4 atom stereocenters. The van der Waals surface area contributed by atoms with E-state index < -0.39 is 19.1 Å². The molecule has 0 spiro atoms. The van der Waals surface area contributed by atoms with E-state index in [-0.39, 0.29) is 29.7 Å². The number of carbonyl (C=O) groups is 2. The summed E-state index contributed by atoms with van der Waals surface area (Å²) >= 11 is 0. The SMILES string of the molecule is COC(=O)CCCCCCC1C(=O)CC(O[Si](C)(C)C)C1CS(=O)c1ccccc1. The van der Waals surface area contributed by atoms with Crippen LogP contribution in [0.3, 0.4) is 0 Å². The fraction of sp³-hybridized carbons (Fsp3) is 0.652. The number of Topliss-reactive ketones (excluding diaryl/α,β-unsaturated/α-hetero) is 1. The molecule has 1 aliphatic carbocycles. The van der Waals surface area contributed by atoms with Crippen LogP contribution >= 0.6 is 0 Å². The largest absolute Gasteiger partial charge is 0.469 e. The highest BCUT2D eigenvalue weighted by Crippen LogP contribution is 2.37. The second-order valence-corrected chi connectivity index (χ2v) is 15.0. The van der Waals surface area contributed by atoms with Crippen LogP contribution in [0.5, 0.6) is 0 Å². The van der Waals surface area contributed by atoms with Crippen LogP contribution in [0, 0.1) is 11.8 Å². The van der Waals surface area contributed by atoms with E-state index in [0.717, 1.165) is 37.0 Å². The predicted molar refractivity (Wildman–Crippen MR) is 122 cm³/mol. The van der Waals surface area contributed by atoms with Gasteiger partial charge in [0.05, 0.1) is 24.0 Å². The average molecular weight is 453 g/mol. The van der Waals surface area contributed by atoms with Crippen molar-refractivity contribution in [1.82, 2.24) is 0 Å². The number of ketones is 1. The fourth-order valence-corrected chi connectivity index (χ4v) is 6.73. The molecule has 1 fully saturated rings. The lowest BCUT2D eigenvalue weighted by atomic mass is 9.90. The van der Waals surface area contributed by atoms with Gasteiger partial charge < -0.3 is 9.16 Å². The number of methoxy groups -OCH3 is 1. The maximum absolute atomic E-state index is 13.0. The van der Waals surface area contributed by atoms with Crippen molar-refractivity contribution in [3.05, 3.63) is 30.3 Å². The molecule has 0 bridgehead atoms. The van der Waals surface area contributed by atoms with Crippen LogP contribution in [0.4, 0.5) is 0 Å². The normalized spacial score (nSPS) is 22.8. The molecule has 0 saturated heterocycles. The molecule has 2 rings (SSSR count). The van der Waals surface area contributed by atoms with Gasteiger partial charge in [0.2, 0.25) is 0 Å². The molecule has 1 aliphatic rings. The number of carbonyl (C=O) groups excluding carboxylic acids is 2. The minimum Gasteiger partial charge on any atom is -0.469 e. The molecule has 0 radical (unpaired) electrons. The first kappa shape index (κ1) is 25.0. The Morgan fingerprint density at radius 2 is 1.77 bits per heavy atom. The fourth-order valence-electron chi connectivity index (χ4n) is 4.11. The standard InChI is InChI=1S/C23H36O5SSi/c1-27-23(25)15-11-6-5-10-14-19-20(17-29(26)18-12-8-7-9-13-18)22(16-21(19)24)28-30(2,3)4/h7-9,12-13,19-20,22H,5-6,10-11,14-17H2,1-4H3. The highest BCUT2D eigenvalue weighted by atomic mass is 32.2. The third-order valence-corrected chi connectivity index (χ3v) is 8.03. The quantitative estimate of drug-likeness (QED) is 0.260. The molecular formula is C23H36O5SSi. The van der Waals surface area contributed by atoms with E-state index in [4.69, 9.17) is 4.43 Å². The number of ether oxygens (including phenoxy) is 1. The Hall–Kier alpha value is -1.31. The average Bonchev–Trinajstić information content (AvgIpc) is 2.97. The zero-order valence-electron chi connectivity index (χ0n) is 18.7. The van der Waals surface area contributed by atoms with Crippen LogP contribution < -0.4 is 0 Å². The Morgan fingerprint density at radius 3 is 2.40 bits per heavy atom. The van der Waals surface area contributed by atoms with Crippen molar-refractivity contribution in [2.75, 3.05) is 12.9 Å². The summed E-state index contributed by atoms with van der Waals surface area (Å²) in [5.41, 5.74) is 0. The minimum atomic E-state index is -1.81. The van der Waals surface area contributed by atoms with E-state index in [1.165, 1.54) is 7.11 Å². The Morgan fingerprint density at radius 1 is 1.10 bits per heavy atom. The summed E-state index contributed by atoms with van der Waals surface area (Å²) in [4.78, 5) is 24.8. The van der Waals surface area contributed by atoms with E-state index in [1.54, 1.807) is 0 Å². The van der Waals surface area contributed by atoms with Gasteiger partial charge in [-0.3, -0.25) is 13.8 Å². The molecule has 0 heterocycles. The number of hydrogen-bond donors (Lipinski definition) is 0. The Labute approximate surface area is 184 Å². The van der Waals surface area contributed by atoms with Crippen molar-refractivity contribution in [3.8, 4) is 0 Å². The molecule has 5 nitrogen and oxygen atoms in total. The second-order valence-electron chi connectivity index (χ2n) is 9.06. The van der Waals surface area contributed by atoms with Gasteiger partial charge in [0.15, 0.2) is 8.32 Å². The maximum Gasteiger partial charge on any atom is 0.305 e. The van der Waals surface area contributed by atoms with Crippen molar-refractivity contribution in [3.63, 3.8) is 0 Å². The molecule has 1 saturated carbocycles. The zero-order valence-corrected chi connectivity index (χ0v) is 20.5. The third-order valence-electron chi connectivity index (χ3n) is 5.54. The summed E-state index contributed by atoms with van der Waals surface area (Å²) in [6.07, 6.45) is 5.25. The van der Waals surface area contributed by atoms with Gasteiger partial charge in [0.25, 0.3) is 0 Å². The summed E-state index contributed by atoms with van der Waals surface area (Å²) in [7, 11) is -1.55. The van der Waals surface area contributed by atoms with Gasteiger partial charge in [-0.2, -0.15) is 0 Å². The molecule has 0 aliphatic heterocycles. The van der Waals surface area contributed by atoms with Gasteiger partial charge in [-0.25, -0.2) is 0 Å². The molecule has 1 aromatic carbocycles. The van der Waals surface area contributed by atoms with Crippen LogP contribution in [0.15, 0.2) is 35.2 Å². The summed E-state index contributed by atoms with van der Waals surface area (Å²) in [6.45, 7) is 6.41. The van der Waals surface area contributed by atoms with Gasteiger partial charge in [-0.1, -0.05) is 37.5 Å². The second kappa shape index (κ2) is 11.9. The predicted octanol–water partition coefficient (Wildman–Crippen LogP) is 4.73. The van der Waals surface area contributed by atoms with Crippen LogP contribution in [0.2, 0.25) is 19.6 Å². The molecule has 0 aromatic heterocycles. The van der Waals surface area contributed by atoms with E-state index in [1.807, 2.05) is 30.3 Å². The zero-order chi connectivity index (χ0) is 22.1. The third kappa shape index (κ3) is 8.08. The van der Waals surface area contributed by atoms with E-state index >= 15 is 0 Å². The molecular weight excluding hydrogens is 416 g/mol. The first-order valence-electron chi connectivity index (χ1n) is 10.9. The topological polar surface area (TPSA) is 69.7 Å². The summed E-state index contributed by atoms with van der Waals surface area (Å²) in [6, 6.07) is 9.48. The number of benzene rings is 1. The Balaban J connectivity index is 1.97. The van der Waals surface area contributed by atoms with Gasteiger partial charge in [-0.15, -0.1) is 0 Å². The summed E-state index contributed by atoms with van der Waals surface area (Å²) in [5, 5.41) is 0. The highest BCUT2D eigenvalue weighted by Gasteiger charge is 2.44. The minimum absolute atomic E-state index is 0.000309. The van der Waals surface area contributed by atoms with Crippen molar-refractivity contribution in [1.29, 1.82) is 0 Å². The van der Waals surface area contributed by atoms with Gasteiger partial charge >= 0.3 is 5.97 Å². The molecule has 0 amide bonds. The number of rotatable bonds is 12. The number of hydrogen-bond acceptors (Lipinski definition) is 5. The van der Waals surface area contributed by atoms with Crippen molar-refractivity contribution >= 4 is 30.9 Å². The number of esters is 1. The lowest BCUT2D eigenvalue weighted by molar-refractivity contribution is -0.140. The van der Waals surface area contributed by atoms with E-state index in [2.05, 4.69) is 24.4 Å². The van der Waals surface area contributed by atoms with Gasteiger partial charge in [-0.05, 0) is 44.6 Å². The first-order chi connectivity index (χ1) is 14.2. The van der Waals surface area contributed by atoms with Crippen LogP contribution in [0.25, 0.3) is 0 Å².